The molecule has 1 aromatic carbocycles. The van der Waals surface area contributed by atoms with Crippen LogP contribution in [0.1, 0.15) is 6.42 Å². The van der Waals surface area contributed by atoms with E-state index in [1.165, 1.54) is 6.26 Å². The maximum Gasteiger partial charge on any atom is 0.147 e. The third kappa shape index (κ3) is 5.34. The lowest BCUT2D eigenvalue weighted by Crippen LogP contribution is -2.09. The van der Waals surface area contributed by atoms with E-state index in [2.05, 4.69) is 5.32 Å². The first-order valence-electron chi connectivity index (χ1n) is 4.86. The smallest absolute Gasteiger partial charge is 0.147 e. The first-order valence-corrected chi connectivity index (χ1v) is 8.05. The van der Waals surface area contributed by atoms with Crippen LogP contribution >= 0.6 is 34.8 Å². The van der Waals surface area contributed by atoms with E-state index >= 15 is 0 Å². The molecule has 3 nitrogen and oxygen atoms in total. The highest BCUT2D eigenvalue weighted by Crippen LogP contribution is 2.32. The number of hydrogen-bond donors (Lipinski definition) is 1. The van der Waals surface area contributed by atoms with Gasteiger partial charge in [-0.15, -0.1) is 0 Å². The van der Waals surface area contributed by atoms with Crippen LogP contribution in [0.4, 0.5) is 5.69 Å². The zero-order valence-corrected chi connectivity index (χ0v) is 12.2. The summed E-state index contributed by atoms with van der Waals surface area (Å²) >= 11 is 17.6. The second-order valence-electron chi connectivity index (χ2n) is 3.66. The Morgan fingerprint density at radius 3 is 2.29 bits per heavy atom. The number of rotatable bonds is 5. The average Bonchev–Trinajstić information content (AvgIpc) is 2.18. The average molecular weight is 317 g/mol. The highest BCUT2D eigenvalue weighted by atomic mass is 35.5. The van der Waals surface area contributed by atoms with E-state index in [0.29, 0.717) is 33.7 Å². The molecule has 7 heteroatoms. The zero-order chi connectivity index (χ0) is 13.1. The van der Waals surface area contributed by atoms with Crippen LogP contribution in [0.25, 0.3) is 0 Å². The second kappa shape index (κ2) is 6.14. The minimum atomic E-state index is -2.92. The molecule has 0 fully saturated rings. The standard InChI is InChI=1S/C10H12Cl3NO2S/c1-17(15,16)4-2-3-14-10-6-8(12)7(11)5-9(10)13/h5-6,14H,2-4H2,1H3. The normalized spacial score (nSPS) is 11.5. The lowest BCUT2D eigenvalue weighted by Gasteiger charge is -2.09. The summed E-state index contributed by atoms with van der Waals surface area (Å²) in [5.74, 6) is 0.138. The van der Waals surface area contributed by atoms with Gasteiger partial charge in [0, 0.05) is 12.8 Å². The van der Waals surface area contributed by atoms with Gasteiger partial charge in [0.15, 0.2) is 0 Å². The van der Waals surface area contributed by atoms with E-state index in [-0.39, 0.29) is 5.75 Å². The predicted octanol–water partition coefficient (Wildman–Crippen LogP) is 3.49. The topological polar surface area (TPSA) is 46.2 Å². The number of anilines is 1. The van der Waals surface area contributed by atoms with E-state index in [9.17, 15) is 8.42 Å². The monoisotopic (exact) mass is 315 g/mol. The van der Waals surface area contributed by atoms with E-state index in [4.69, 9.17) is 34.8 Å². The van der Waals surface area contributed by atoms with Crippen molar-refractivity contribution >= 4 is 50.3 Å². The molecule has 0 heterocycles. The van der Waals surface area contributed by atoms with Crippen LogP contribution in [0.2, 0.25) is 15.1 Å². The fourth-order valence-electron chi connectivity index (χ4n) is 1.22. The molecule has 1 aromatic rings. The summed E-state index contributed by atoms with van der Waals surface area (Å²) in [7, 11) is -2.92. The predicted molar refractivity (Wildman–Crippen MR) is 74.3 cm³/mol. The molecule has 0 unspecified atom stereocenters. The molecule has 1 rings (SSSR count). The van der Waals surface area contributed by atoms with Crippen molar-refractivity contribution in [2.75, 3.05) is 23.9 Å². The fraction of sp³-hybridized carbons (Fsp3) is 0.400. The van der Waals surface area contributed by atoms with Gasteiger partial charge in [0.25, 0.3) is 0 Å². The SMILES string of the molecule is CS(=O)(=O)CCCNc1cc(Cl)c(Cl)cc1Cl. The molecule has 0 saturated heterocycles. The lowest BCUT2D eigenvalue weighted by atomic mass is 10.3. The fourth-order valence-corrected chi connectivity index (χ4v) is 2.50. The molecule has 0 aromatic heterocycles. The highest BCUT2D eigenvalue weighted by molar-refractivity contribution is 7.90. The van der Waals surface area contributed by atoms with Gasteiger partial charge >= 0.3 is 0 Å². The third-order valence-electron chi connectivity index (χ3n) is 2.02. The molecule has 0 aliphatic carbocycles. The van der Waals surface area contributed by atoms with Crippen LogP contribution in [-0.2, 0) is 9.84 Å². The van der Waals surface area contributed by atoms with Gasteiger partial charge in [-0.25, -0.2) is 8.42 Å². The largest absolute Gasteiger partial charge is 0.384 e. The summed E-state index contributed by atoms with van der Waals surface area (Å²) in [5, 5.41) is 4.26. The number of nitrogens with one attached hydrogen (secondary N) is 1. The molecular weight excluding hydrogens is 305 g/mol. The molecule has 0 aliphatic rings. The van der Waals surface area contributed by atoms with Crippen molar-refractivity contribution in [1.29, 1.82) is 0 Å². The summed E-state index contributed by atoms with van der Waals surface area (Å²) in [5.41, 5.74) is 0.648. The Balaban J connectivity index is 2.55. The van der Waals surface area contributed by atoms with Gasteiger partial charge in [-0.3, -0.25) is 0 Å². The van der Waals surface area contributed by atoms with Crippen LogP contribution in [0.15, 0.2) is 12.1 Å². The number of sulfone groups is 1. The molecule has 0 saturated carbocycles. The minimum absolute atomic E-state index is 0.138. The summed E-state index contributed by atoms with van der Waals surface area (Å²) in [6, 6.07) is 3.16. The number of halogens is 3. The van der Waals surface area contributed by atoms with E-state index in [0.717, 1.165) is 0 Å². The molecule has 0 bridgehead atoms. The van der Waals surface area contributed by atoms with Gasteiger partial charge < -0.3 is 5.32 Å². The van der Waals surface area contributed by atoms with Gasteiger partial charge in [0.05, 0.1) is 26.5 Å². The third-order valence-corrected chi connectivity index (χ3v) is 4.08. The Morgan fingerprint density at radius 1 is 1.12 bits per heavy atom. The maximum absolute atomic E-state index is 10.9. The molecule has 96 valence electrons. The zero-order valence-electron chi connectivity index (χ0n) is 9.13. The Hall–Kier alpha value is -0.160. The summed E-state index contributed by atoms with van der Waals surface area (Å²) in [6.45, 7) is 0.505. The molecular formula is C10H12Cl3NO2S. The number of benzene rings is 1. The molecule has 0 amide bonds. The van der Waals surface area contributed by atoms with E-state index in [1.807, 2.05) is 0 Å². The van der Waals surface area contributed by atoms with Crippen LogP contribution in [0.5, 0.6) is 0 Å². The second-order valence-corrected chi connectivity index (χ2v) is 7.14. The quantitative estimate of drug-likeness (QED) is 0.668. The summed E-state index contributed by atoms with van der Waals surface area (Å²) in [6.07, 6.45) is 1.72. The van der Waals surface area contributed by atoms with Gasteiger partial charge in [0.1, 0.15) is 9.84 Å². The Bertz CT molecular complexity index is 503. The molecule has 1 N–H and O–H groups in total. The Morgan fingerprint density at radius 2 is 1.71 bits per heavy atom. The summed E-state index contributed by atoms with van der Waals surface area (Å²) < 4.78 is 21.8. The first-order chi connectivity index (χ1) is 7.79. The lowest BCUT2D eigenvalue weighted by molar-refractivity contribution is 0.600. The van der Waals surface area contributed by atoms with Crippen molar-refractivity contribution in [3.05, 3.63) is 27.2 Å². The molecule has 0 aliphatic heterocycles. The van der Waals surface area contributed by atoms with Crippen LogP contribution < -0.4 is 5.32 Å². The van der Waals surface area contributed by atoms with Crippen molar-refractivity contribution in [2.24, 2.45) is 0 Å². The van der Waals surface area contributed by atoms with Gasteiger partial charge in [0.2, 0.25) is 0 Å². The van der Waals surface area contributed by atoms with Crippen molar-refractivity contribution in [1.82, 2.24) is 0 Å². The Labute approximate surface area is 116 Å². The van der Waals surface area contributed by atoms with Gasteiger partial charge in [-0.2, -0.15) is 0 Å². The summed E-state index contributed by atoms with van der Waals surface area (Å²) in [4.78, 5) is 0. The van der Waals surface area contributed by atoms with Crippen molar-refractivity contribution in [3.8, 4) is 0 Å². The van der Waals surface area contributed by atoms with E-state index in [1.54, 1.807) is 12.1 Å². The van der Waals surface area contributed by atoms with Gasteiger partial charge in [-0.1, -0.05) is 34.8 Å². The Kier molecular flexibility index (Phi) is 5.38. The van der Waals surface area contributed by atoms with Crippen molar-refractivity contribution < 1.29 is 8.42 Å². The molecule has 0 radical (unpaired) electrons. The first kappa shape index (κ1) is 14.9. The minimum Gasteiger partial charge on any atom is -0.384 e. The molecule has 0 atom stereocenters. The van der Waals surface area contributed by atoms with E-state index < -0.39 is 9.84 Å². The van der Waals surface area contributed by atoms with Crippen molar-refractivity contribution in [2.45, 2.75) is 6.42 Å². The molecule has 17 heavy (non-hydrogen) atoms. The van der Waals surface area contributed by atoms with Crippen molar-refractivity contribution in [3.63, 3.8) is 0 Å². The van der Waals surface area contributed by atoms with Crippen LogP contribution in [0, 0.1) is 0 Å². The van der Waals surface area contributed by atoms with Gasteiger partial charge in [-0.05, 0) is 18.6 Å². The molecule has 0 spiro atoms. The highest BCUT2D eigenvalue weighted by Gasteiger charge is 2.06. The number of hydrogen-bond acceptors (Lipinski definition) is 3. The van der Waals surface area contributed by atoms with Crippen LogP contribution in [-0.4, -0.2) is 27.0 Å². The maximum atomic E-state index is 10.9. The van der Waals surface area contributed by atoms with Crippen LogP contribution in [0.3, 0.4) is 0 Å².